The van der Waals surface area contributed by atoms with Crippen molar-refractivity contribution in [1.82, 2.24) is 4.98 Å². The third kappa shape index (κ3) is 3.94. The second-order valence-electron chi connectivity index (χ2n) is 6.18. The van der Waals surface area contributed by atoms with Crippen LogP contribution in [0.25, 0.3) is 20.8 Å². The van der Waals surface area contributed by atoms with E-state index in [1.54, 1.807) is 18.4 Å². The van der Waals surface area contributed by atoms with Gasteiger partial charge in [0.1, 0.15) is 10.8 Å². The van der Waals surface area contributed by atoms with E-state index in [-0.39, 0.29) is 0 Å². The first-order valence-corrected chi connectivity index (χ1v) is 10.1. The fourth-order valence-corrected chi connectivity index (χ4v) is 4.24. The van der Waals surface area contributed by atoms with Gasteiger partial charge in [-0.05, 0) is 67.1 Å². The van der Waals surface area contributed by atoms with Gasteiger partial charge in [-0.15, -0.1) is 11.3 Å². The summed E-state index contributed by atoms with van der Waals surface area (Å²) in [5.74, 6) is 0.795. The summed E-state index contributed by atoms with van der Waals surface area (Å²) < 4.78 is 7.59. The topological polar surface area (TPSA) is 34.5 Å². The average molecular weight is 437 g/mol. The smallest absolute Gasteiger partial charge is 0.127 e. The lowest BCUT2D eigenvalue weighted by Crippen LogP contribution is -1.90. The Hall–Kier alpha value is -2.50. The Morgan fingerprint density at radius 2 is 1.85 bits per heavy atom. The van der Waals surface area contributed by atoms with Gasteiger partial charge in [-0.2, -0.15) is 0 Å². The molecule has 4 rings (SSSR count). The van der Waals surface area contributed by atoms with Crippen LogP contribution in [0.5, 0.6) is 5.75 Å². The molecule has 0 aliphatic carbocycles. The van der Waals surface area contributed by atoms with Crippen molar-refractivity contribution in [1.29, 1.82) is 0 Å². The number of rotatable bonds is 4. The van der Waals surface area contributed by atoms with Crippen molar-refractivity contribution in [3.8, 4) is 16.3 Å². The van der Waals surface area contributed by atoms with E-state index in [0.717, 1.165) is 37.6 Å². The number of fused-ring (bicyclic) bond motifs is 1. The maximum atomic E-state index is 5.38. The number of aryl methyl sites for hydroxylation is 1. The number of halogens is 1. The molecular formula is C22H17BrN2OS. The van der Waals surface area contributed by atoms with Crippen LogP contribution in [0.15, 0.2) is 70.1 Å². The summed E-state index contributed by atoms with van der Waals surface area (Å²) in [7, 11) is 1.66. The standard InChI is InChI=1S/C22H17BrN2OS/c1-14-3-9-19-21(11-14)27-22(25-19)15-4-7-18(8-5-15)24-13-16-12-17(23)6-10-20(16)26-2/h3-13H,1-2H3. The summed E-state index contributed by atoms with van der Waals surface area (Å²) >= 11 is 5.20. The molecule has 4 aromatic rings. The molecule has 0 fully saturated rings. The van der Waals surface area contributed by atoms with Gasteiger partial charge in [-0.1, -0.05) is 22.0 Å². The fraction of sp³-hybridized carbons (Fsp3) is 0.0909. The highest BCUT2D eigenvalue weighted by Crippen LogP contribution is 2.31. The molecule has 0 bridgehead atoms. The largest absolute Gasteiger partial charge is 0.496 e. The number of ether oxygens (including phenoxy) is 1. The van der Waals surface area contributed by atoms with E-state index in [0.29, 0.717) is 0 Å². The Bertz CT molecular complexity index is 1130. The van der Waals surface area contributed by atoms with Crippen LogP contribution < -0.4 is 4.74 Å². The molecule has 0 radical (unpaired) electrons. The fourth-order valence-electron chi connectivity index (χ4n) is 2.80. The molecule has 0 N–H and O–H groups in total. The Labute approximate surface area is 170 Å². The van der Waals surface area contributed by atoms with Gasteiger partial charge in [0.15, 0.2) is 0 Å². The van der Waals surface area contributed by atoms with Gasteiger partial charge in [-0.25, -0.2) is 4.98 Å². The number of hydrogen-bond acceptors (Lipinski definition) is 4. The van der Waals surface area contributed by atoms with E-state index < -0.39 is 0 Å². The molecule has 3 aromatic carbocycles. The Morgan fingerprint density at radius 1 is 1.04 bits per heavy atom. The first-order valence-electron chi connectivity index (χ1n) is 8.47. The monoisotopic (exact) mass is 436 g/mol. The first kappa shape index (κ1) is 17.9. The minimum Gasteiger partial charge on any atom is -0.496 e. The zero-order valence-corrected chi connectivity index (χ0v) is 17.3. The van der Waals surface area contributed by atoms with Crippen molar-refractivity contribution in [2.24, 2.45) is 4.99 Å². The van der Waals surface area contributed by atoms with Crippen molar-refractivity contribution < 1.29 is 4.74 Å². The summed E-state index contributed by atoms with van der Waals surface area (Å²) in [5.41, 5.74) is 5.22. The zero-order chi connectivity index (χ0) is 18.8. The number of methoxy groups -OCH3 is 1. The predicted molar refractivity (Wildman–Crippen MR) is 118 cm³/mol. The number of hydrogen-bond donors (Lipinski definition) is 0. The van der Waals surface area contributed by atoms with E-state index in [9.17, 15) is 0 Å². The van der Waals surface area contributed by atoms with Crippen LogP contribution in [0.4, 0.5) is 5.69 Å². The molecule has 27 heavy (non-hydrogen) atoms. The van der Waals surface area contributed by atoms with Crippen LogP contribution in [-0.2, 0) is 0 Å². The molecule has 0 spiro atoms. The quantitative estimate of drug-likeness (QED) is 0.329. The van der Waals surface area contributed by atoms with Gasteiger partial charge in [0.05, 0.1) is 23.0 Å². The molecule has 0 saturated heterocycles. The Balaban J connectivity index is 1.59. The van der Waals surface area contributed by atoms with Gasteiger partial charge in [-0.3, -0.25) is 4.99 Å². The maximum Gasteiger partial charge on any atom is 0.127 e. The van der Waals surface area contributed by atoms with Crippen molar-refractivity contribution in [3.05, 3.63) is 76.3 Å². The Morgan fingerprint density at radius 3 is 2.63 bits per heavy atom. The van der Waals surface area contributed by atoms with Crippen LogP contribution in [0.1, 0.15) is 11.1 Å². The van der Waals surface area contributed by atoms with E-state index >= 15 is 0 Å². The second-order valence-corrected chi connectivity index (χ2v) is 8.13. The minimum atomic E-state index is 0.795. The van der Waals surface area contributed by atoms with Crippen molar-refractivity contribution >= 4 is 49.4 Å². The van der Waals surface area contributed by atoms with E-state index in [1.807, 2.05) is 36.5 Å². The SMILES string of the molecule is COc1ccc(Br)cc1C=Nc1ccc(-c2nc3ccc(C)cc3s2)cc1. The summed E-state index contributed by atoms with van der Waals surface area (Å²) in [4.78, 5) is 9.31. The van der Waals surface area contributed by atoms with Gasteiger partial charge in [0.2, 0.25) is 0 Å². The lowest BCUT2D eigenvalue weighted by atomic mass is 10.2. The maximum absolute atomic E-state index is 5.38. The Kier molecular flexibility index (Phi) is 5.05. The molecule has 134 valence electrons. The lowest BCUT2D eigenvalue weighted by Gasteiger charge is -2.04. The minimum absolute atomic E-state index is 0.795. The van der Waals surface area contributed by atoms with Crippen molar-refractivity contribution in [2.75, 3.05) is 7.11 Å². The molecule has 1 heterocycles. The number of thiazole rings is 1. The highest BCUT2D eigenvalue weighted by atomic mass is 79.9. The molecular weight excluding hydrogens is 420 g/mol. The molecule has 5 heteroatoms. The summed E-state index contributed by atoms with van der Waals surface area (Å²) in [6.07, 6.45) is 1.82. The van der Waals surface area contributed by atoms with E-state index in [1.165, 1.54) is 10.3 Å². The molecule has 3 nitrogen and oxygen atoms in total. The first-order chi connectivity index (χ1) is 13.1. The second kappa shape index (κ2) is 7.62. The van der Waals surface area contributed by atoms with Gasteiger partial charge in [0, 0.05) is 21.8 Å². The average Bonchev–Trinajstić information content (AvgIpc) is 3.10. The van der Waals surface area contributed by atoms with Gasteiger partial charge >= 0.3 is 0 Å². The van der Waals surface area contributed by atoms with Crippen LogP contribution >= 0.6 is 27.3 Å². The lowest BCUT2D eigenvalue weighted by molar-refractivity contribution is 0.414. The van der Waals surface area contributed by atoms with Gasteiger partial charge in [0.25, 0.3) is 0 Å². The van der Waals surface area contributed by atoms with Crippen LogP contribution in [0.3, 0.4) is 0 Å². The highest BCUT2D eigenvalue weighted by molar-refractivity contribution is 9.10. The molecule has 0 amide bonds. The predicted octanol–water partition coefficient (Wildman–Crippen LogP) is 6.79. The molecule has 0 saturated carbocycles. The van der Waals surface area contributed by atoms with Crippen LogP contribution in [-0.4, -0.2) is 18.3 Å². The van der Waals surface area contributed by atoms with Crippen LogP contribution in [0.2, 0.25) is 0 Å². The number of aromatic nitrogens is 1. The molecule has 0 aliphatic heterocycles. The summed E-state index contributed by atoms with van der Waals surface area (Å²) in [5, 5.41) is 1.03. The number of nitrogens with zero attached hydrogens (tertiary/aromatic N) is 2. The normalized spacial score (nSPS) is 11.4. The van der Waals surface area contributed by atoms with E-state index in [2.05, 4.69) is 58.2 Å². The highest BCUT2D eigenvalue weighted by Gasteiger charge is 2.06. The summed E-state index contributed by atoms with van der Waals surface area (Å²) in [6, 6.07) is 20.4. The van der Waals surface area contributed by atoms with E-state index in [4.69, 9.17) is 9.72 Å². The number of aliphatic imine (C=N–C) groups is 1. The summed E-state index contributed by atoms with van der Waals surface area (Å²) in [6.45, 7) is 2.10. The zero-order valence-electron chi connectivity index (χ0n) is 14.9. The molecule has 0 unspecified atom stereocenters. The molecule has 0 aliphatic rings. The van der Waals surface area contributed by atoms with Crippen LogP contribution in [0, 0.1) is 6.92 Å². The third-order valence-corrected chi connectivity index (χ3v) is 5.76. The third-order valence-electron chi connectivity index (χ3n) is 4.20. The molecule has 0 atom stereocenters. The van der Waals surface area contributed by atoms with Gasteiger partial charge < -0.3 is 4.74 Å². The number of benzene rings is 3. The van der Waals surface area contributed by atoms with Crippen molar-refractivity contribution in [2.45, 2.75) is 6.92 Å². The van der Waals surface area contributed by atoms with Crippen molar-refractivity contribution in [3.63, 3.8) is 0 Å². The molecule has 1 aromatic heterocycles.